The van der Waals surface area contributed by atoms with Crippen molar-refractivity contribution in [3.63, 3.8) is 0 Å². The number of esters is 1. The van der Waals surface area contributed by atoms with Crippen LogP contribution in [0.25, 0.3) is 0 Å². The average Bonchev–Trinajstić information content (AvgIpc) is 2.28. The Kier molecular flexibility index (Phi) is 4.52. The van der Waals surface area contributed by atoms with Crippen molar-refractivity contribution in [3.05, 3.63) is 29.3 Å². The minimum absolute atomic E-state index is 0.00769. The molecule has 1 rings (SSSR count). The number of rotatable bonds is 3. The lowest BCUT2D eigenvalue weighted by atomic mass is 10.1. The topological polar surface area (TPSA) is 55.4 Å². The van der Waals surface area contributed by atoms with Crippen LogP contribution in [0.5, 0.6) is 0 Å². The van der Waals surface area contributed by atoms with Gasteiger partial charge in [0.25, 0.3) is 0 Å². The molecule has 0 bridgehead atoms. The maximum atomic E-state index is 12.0. The van der Waals surface area contributed by atoms with Gasteiger partial charge in [0.2, 0.25) is 5.91 Å². The number of hydrogen-bond acceptors (Lipinski definition) is 3. The molecule has 0 aliphatic carbocycles. The third-order valence-electron chi connectivity index (χ3n) is 2.22. The van der Waals surface area contributed by atoms with E-state index in [1.54, 1.807) is 13.0 Å². The fraction of sp³-hybridized carbons (Fsp3) is 0.333. The molecule has 19 heavy (non-hydrogen) atoms. The van der Waals surface area contributed by atoms with E-state index in [1.165, 1.54) is 12.1 Å². The van der Waals surface area contributed by atoms with Gasteiger partial charge in [-0.2, -0.15) is 13.2 Å². The number of nitrogens with one attached hydrogen (secondary N) is 1. The van der Waals surface area contributed by atoms with Gasteiger partial charge in [-0.1, -0.05) is 11.6 Å². The number of ether oxygens (including phenoxy) is 1. The second-order valence-electron chi connectivity index (χ2n) is 3.88. The first-order chi connectivity index (χ1) is 8.73. The van der Waals surface area contributed by atoms with E-state index >= 15 is 0 Å². The summed E-state index contributed by atoms with van der Waals surface area (Å²) < 4.78 is 40.6. The highest BCUT2D eigenvalue weighted by molar-refractivity contribution is 6.01. The molecule has 1 amide bonds. The van der Waals surface area contributed by atoms with Crippen molar-refractivity contribution in [3.8, 4) is 0 Å². The van der Waals surface area contributed by atoms with Crippen molar-refractivity contribution in [1.29, 1.82) is 0 Å². The summed E-state index contributed by atoms with van der Waals surface area (Å²) in [6, 6.07) is 4.35. The predicted octanol–water partition coefficient (Wildman–Crippen LogP) is 2.67. The Hall–Kier alpha value is -2.05. The first-order valence-electron chi connectivity index (χ1n) is 5.28. The first-order valence-corrected chi connectivity index (χ1v) is 5.28. The van der Waals surface area contributed by atoms with Crippen LogP contribution in [0.2, 0.25) is 0 Å². The molecule has 0 spiro atoms. The molecule has 1 aromatic rings. The summed E-state index contributed by atoms with van der Waals surface area (Å²) in [5.41, 5.74) is 0.721. The summed E-state index contributed by atoms with van der Waals surface area (Å²) in [4.78, 5) is 22.7. The predicted molar refractivity (Wildman–Crippen MR) is 61.8 cm³/mol. The van der Waals surface area contributed by atoms with Crippen LogP contribution < -0.4 is 5.32 Å². The number of carbonyl (C=O) groups excluding carboxylic acids is 2. The fourth-order valence-corrected chi connectivity index (χ4v) is 1.42. The van der Waals surface area contributed by atoms with E-state index in [4.69, 9.17) is 0 Å². The maximum absolute atomic E-state index is 12.0. The van der Waals surface area contributed by atoms with Crippen LogP contribution in [-0.2, 0) is 9.53 Å². The Morgan fingerprint density at radius 1 is 1.32 bits per heavy atom. The molecule has 0 aliphatic rings. The van der Waals surface area contributed by atoms with Crippen molar-refractivity contribution in [2.75, 3.05) is 12.4 Å². The summed E-state index contributed by atoms with van der Waals surface area (Å²) in [6.07, 6.45) is -6.21. The minimum Gasteiger partial charge on any atom is -0.465 e. The summed E-state index contributed by atoms with van der Waals surface area (Å²) in [5, 5.41) is 2.05. The number of methoxy groups -OCH3 is 1. The van der Waals surface area contributed by atoms with E-state index < -0.39 is 24.5 Å². The lowest BCUT2D eigenvalue weighted by molar-refractivity contribution is -0.150. The summed E-state index contributed by atoms with van der Waals surface area (Å²) in [6.45, 7) is 1.70. The number of halogens is 3. The quantitative estimate of drug-likeness (QED) is 0.863. The SMILES string of the molecule is COC(=O)c1cc(C)ccc1NC(=O)CC(F)(F)F. The number of carbonyl (C=O) groups is 2. The van der Waals surface area contributed by atoms with Gasteiger partial charge in [-0.25, -0.2) is 4.79 Å². The molecule has 0 saturated carbocycles. The highest BCUT2D eigenvalue weighted by Crippen LogP contribution is 2.22. The van der Waals surface area contributed by atoms with E-state index in [9.17, 15) is 22.8 Å². The molecule has 0 atom stereocenters. The largest absolute Gasteiger partial charge is 0.465 e. The summed E-state index contributed by atoms with van der Waals surface area (Å²) in [5.74, 6) is -1.97. The Bertz CT molecular complexity index is 497. The van der Waals surface area contributed by atoms with E-state index in [0.717, 1.165) is 7.11 Å². The van der Waals surface area contributed by atoms with Crippen molar-refractivity contribution in [1.82, 2.24) is 0 Å². The standard InChI is InChI=1S/C12H12F3NO3/c1-7-3-4-9(8(5-7)11(18)19-2)16-10(17)6-12(13,14)15/h3-5H,6H2,1-2H3,(H,16,17). The number of alkyl halides is 3. The van der Waals surface area contributed by atoms with Crippen LogP contribution in [0.1, 0.15) is 22.3 Å². The van der Waals surface area contributed by atoms with Crippen molar-refractivity contribution in [2.24, 2.45) is 0 Å². The van der Waals surface area contributed by atoms with Gasteiger partial charge in [-0.15, -0.1) is 0 Å². The van der Waals surface area contributed by atoms with Gasteiger partial charge in [0.15, 0.2) is 0 Å². The van der Waals surface area contributed by atoms with Crippen molar-refractivity contribution in [2.45, 2.75) is 19.5 Å². The molecule has 0 fully saturated rings. The lowest BCUT2D eigenvalue weighted by Gasteiger charge is -2.11. The number of benzene rings is 1. The maximum Gasteiger partial charge on any atom is 0.397 e. The zero-order valence-corrected chi connectivity index (χ0v) is 10.3. The second-order valence-corrected chi connectivity index (χ2v) is 3.88. The van der Waals surface area contributed by atoms with Gasteiger partial charge in [-0.05, 0) is 19.1 Å². The molecule has 104 valence electrons. The molecule has 0 unspecified atom stereocenters. The van der Waals surface area contributed by atoms with E-state index in [2.05, 4.69) is 4.74 Å². The van der Waals surface area contributed by atoms with Gasteiger partial charge < -0.3 is 10.1 Å². The van der Waals surface area contributed by atoms with Crippen LogP contribution in [0.15, 0.2) is 18.2 Å². The first kappa shape index (κ1) is 15.0. The number of amides is 1. The van der Waals surface area contributed by atoms with Crippen molar-refractivity contribution >= 4 is 17.6 Å². The molecular weight excluding hydrogens is 263 g/mol. The van der Waals surface area contributed by atoms with Gasteiger partial charge in [0.1, 0.15) is 6.42 Å². The van der Waals surface area contributed by atoms with Crippen LogP contribution in [0.3, 0.4) is 0 Å². The average molecular weight is 275 g/mol. The minimum atomic E-state index is -4.60. The Morgan fingerprint density at radius 3 is 2.47 bits per heavy atom. The Labute approximate surface area is 107 Å². The van der Waals surface area contributed by atoms with Crippen LogP contribution in [0, 0.1) is 6.92 Å². The normalized spacial score (nSPS) is 11.0. The monoisotopic (exact) mass is 275 g/mol. The molecule has 1 N–H and O–H groups in total. The second kappa shape index (κ2) is 5.73. The van der Waals surface area contributed by atoms with E-state index in [-0.39, 0.29) is 11.3 Å². The molecule has 0 aromatic heterocycles. The van der Waals surface area contributed by atoms with Crippen LogP contribution in [-0.4, -0.2) is 25.2 Å². The molecule has 0 radical (unpaired) electrons. The van der Waals surface area contributed by atoms with Crippen molar-refractivity contribution < 1.29 is 27.5 Å². The molecule has 0 aliphatic heterocycles. The smallest absolute Gasteiger partial charge is 0.397 e. The fourth-order valence-electron chi connectivity index (χ4n) is 1.42. The molecule has 7 heteroatoms. The van der Waals surface area contributed by atoms with Gasteiger partial charge in [0.05, 0.1) is 18.4 Å². The molecule has 0 heterocycles. The van der Waals surface area contributed by atoms with Gasteiger partial charge in [0, 0.05) is 0 Å². The van der Waals surface area contributed by atoms with Crippen LogP contribution >= 0.6 is 0 Å². The van der Waals surface area contributed by atoms with Gasteiger partial charge in [-0.3, -0.25) is 4.79 Å². The Balaban J connectivity index is 2.95. The third-order valence-corrected chi connectivity index (χ3v) is 2.22. The van der Waals surface area contributed by atoms with E-state index in [0.29, 0.717) is 5.56 Å². The summed E-state index contributed by atoms with van der Waals surface area (Å²) >= 11 is 0. The van der Waals surface area contributed by atoms with Gasteiger partial charge >= 0.3 is 12.1 Å². The molecule has 1 aromatic carbocycles. The summed E-state index contributed by atoms with van der Waals surface area (Å²) in [7, 11) is 1.14. The molecule has 0 saturated heterocycles. The Morgan fingerprint density at radius 2 is 1.95 bits per heavy atom. The number of aryl methyl sites for hydroxylation is 1. The lowest BCUT2D eigenvalue weighted by Crippen LogP contribution is -2.22. The molecule has 4 nitrogen and oxygen atoms in total. The zero-order valence-electron chi connectivity index (χ0n) is 10.3. The zero-order chi connectivity index (χ0) is 14.6. The van der Waals surface area contributed by atoms with Crippen LogP contribution in [0.4, 0.5) is 18.9 Å². The highest BCUT2D eigenvalue weighted by atomic mass is 19.4. The highest BCUT2D eigenvalue weighted by Gasteiger charge is 2.31. The number of hydrogen-bond donors (Lipinski definition) is 1. The number of anilines is 1. The van der Waals surface area contributed by atoms with E-state index in [1.807, 2.05) is 5.32 Å². The molecular formula is C12H12F3NO3. The third kappa shape index (κ3) is 4.61.